The van der Waals surface area contributed by atoms with Crippen molar-refractivity contribution in [1.29, 1.82) is 0 Å². The quantitative estimate of drug-likeness (QED) is 0.0865. The van der Waals surface area contributed by atoms with Gasteiger partial charge in [-0.2, -0.15) is 0 Å². The lowest BCUT2D eigenvalue weighted by molar-refractivity contribution is -0.384. The van der Waals surface area contributed by atoms with E-state index in [4.69, 9.17) is 14.7 Å². The molecule has 2 N–H and O–H groups in total. The second kappa shape index (κ2) is 15.3. The molecule has 0 radical (unpaired) electrons. The topological polar surface area (TPSA) is 110 Å². The molecule has 0 spiro atoms. The first-order chi connectivity index (χ1) is 28.4. The number of nitrogens with one attached hydrogen (secondary N) is 2. The van der Waals surface area contributed by atoms with Crippen molar-refractivity contribution in [2.45, 2.75) is 33.6 Å². The smallest absolute Gasteiger partial charge is 0.277 e. The van der Waals surface area contributed by atoms with Crippen LogP contribution in [0.5, 0.6) is 5.75 Å². The zero-order valence-electron chi connectivity index (χ0n) is 32.5. The van der Waals surface area contributed by atoms with Crippen LogP contribution in [0.25, 0.3) is 90.9 Å². The Hall–Kier alpha value is -7.32. The Balaban J connectivity index is 1.46. The predicted octanol–water partition coefficient (Wildman–Crippen LogP) is 13.0. The van der Waals surface area contributed by atoms with Crippen LogP contribution in [0.2, 0.25) is 0 Å². The Morgan fingerprint density at radius 3 is 1.48 bits per heavy atom. The van der Waals surface area contributed by atoms with E-state index in [1.54, 1.807) is 18.2 Å². The van der Waals surface area contributed by atoms with Crippen LogP contribution < -0.4 is 4.74 Å². The number of ether oxygens (including phenoxy) is 1. The van der Waals surface area contributed by atoms with Crippen molar-refractivity contribution in [3.63, 3.8) is 0 Å². The highest BCUT2D eigenvalue weighted by Crippen LogP contribution is 2.41. The van der Waals surface area contributed by atoms with E-state index in [1.165, 1.54) is 0 Å². The summed E-state index contributed by atoms with van der Waals surface area (Å²) in [7, 11) is 0. The summed E-state index contributed by atoms with van der Waals surface area (Å²) in [6.07, 6.45) is 10.1. The van der Waals surface area contributed by atoms with Crippen molar-refractivity contribution in [3.8, 4) is 50.3 Å². The van der Waals surface area contributed by atoms with Gasteiger partial charge in [0.15, 0.2) is 0 Å². The van der Waals surface area contributed by atoms with Gasteiger partial charge in [-0.25, -0.2) is 9.97 Å². The van der Waals surface area contributed by atoms with E-state index < -0.39 is 0 Å². The number of hydrogen-bond donors (Lipinski definition) is 2. The number of nitrogens with zero attached hydrogens (tertiary/aromatic N) is 3. The average molecular weight is 760 g/mol. The summed E-state index contributed by atoms with van der Waals surface area (Å²) in [6.45, 7) is 6.91. The molecule has 2 aliphatic heterocycles. The van der Waals surface area contributed by atoms with Crippen LogP contribution in [0.1, 0.15) is 53.7 Å². The molecule has 8 bridgehead atoms. The van der Waals surface area contributed by atoms with Crippen molar-refractivity contribution < 1.29 is 9.66 Å². The minimum absolute atomic E-state index is 0.00328. The molecule has 0 unspecified atom stereocenters. The van der Waals surface area contributed by atoms with Gasteiger partial charge < -0.3 is 14.7 Å². The molecule has 0 atom stereocenters. The Kier molecular flexibility index (Phi) is 9.59. The monoisotopic (exact) mass is 759 g/mol. The number of fused-ring (bicyclic) bond motifs is 8. The summed E-state index contributed by atoms with van der Waals surface area (Å²) < 4.78 is 6.45. The van der Waals surface area contributed by atoms with Crippen LogP contribution in [0.3, 0.4) is 0 Å². The zero-order valence-corrected chi connectivity index (χ0v) is 32.5. The Morgan fingerprint density at radius 2 is 0.983 bits per heavy atom. The first-order valence-corrected chi connectivity index (χ1v) is 19.6. The predicted molar refractivity (Wildman–Crippen MR) is 237 cm³/mol. The molecule has 2 aliphatic rings. The number of aryl methyl sites for hydroxylation is 2. The van der Waals surface area contributed by atoms with Gasteiger partial charge in [-0.1, -0.05) is 103 Å². The molecular weight excluding hydrogens is 719 g/mol. The van der Waals surface area contributed by atoms with Crippen molar-refractivity contribution in [2.24, 2.45) is 0 Å². The molecule has 8 heteroatoms. The summed E-state index contributed by atoms with van der Waals surface area (Å²) in [5.41, 5.74) is 15.2. The van der Waals surface area contributed by atoms with Crippen LogP contribution in [0.4, 0.5) is 5.69 Å². The molecule has 58 heavy (non-hydrogen) atoms. The highest BCUT2D eigenvalue weighted by Gasteiger charge is 2.23. The van der Waals surface area contributed by atoms with Gasteiger partial charge in [-0.3, -0.25) is 10.1 Å². The lowest BCUT2D eigenvalue weighted by Crippen LogP contribution is -1.98. The van der Waals surface area contributed by atoms with Crippen molar-refractivity contribution in [3.05, 3.63) is 165 Å². The number of unbranched alkanes of at least 4 members (excludes halogenated alkanes) is 1. The number of nitro benzene ring substituents is 1. The lowest BCUT2D eigenvalue weighted by Gasteiger charge is -2.12. The van der Waals surface area contributed by atoms with Gasteiger partial charge in [0.25, 0.3) is 5.69 Å². The number of aromatic amines is 2. The second-order valence-corrected chi connectivity index (χ2v) is 14.7. The van der Waals surface area contributed by atoms with E-state index in [1.807, 2.05) is 48.6 Å². The largest absolute Gasteiger partial charge is 0.493 e. The van der Waals surface area contributed by atoms with E-state index in [-0.39, 0.29) is 10.6 Å². The van der Waals surface area contributed by atoms with Gasteiger partial charge >= 0.3 is 0 Å². The third-order valence-electron chi connectivity index (χ3n) is 10.7. The zero-order chi connectivity index (χ0) is 39.8. The first kappa shape index (κ1) is 36.3. The standard InChI is InChI=1S/C50H41N5O3/c1-4-5-30-58-46-13-9-7-11-36(46)50-43-28-24-39(53-43)47(33-18-14-31(2)15-19-33)37-22-26-41(51-37)49(35-10-6-8-12-45(35)55(56)57)42-27-23-38(52-42)48(40-25-29-44(50)54-40)34-20-16-32(3)17-21-34/h6-29,51,54H,4-5,30H2,1-3H3. The van der Waals surface area contributed by atoms with Crippen LogP contribution in [0, 0.1) is 24.0 Å². The van der Waals surface area contributed by atoms with E-state index in [0.29, 0.717) is 28.9 Å². The number of aromatic nitrogens is 4. The fraction of sp³-hybridized carbons (Fsp3) is 0.120. The summed E-state index contributed by atoms with van der Waals surface area (Å²) in [4.78, 5) is 30.4. The molecule has 8 nitrogen and oxygen atoms in total. The van der Waals surface area contributed by atoms with Crippen LogP contribution in [0.15, 0.2) is 121 Å². The molecule has 4 aromatic carbocycles. The van der Waals surface area contributed by atoms with E-state index >= 15 is 0 Å². The van der Waals surface area contributed by atoms with Gasteiger partial charge in [0.05, 0.1) is 39.9 Å². The van der Waals surface area contributed by atoms with E-state index in [0.717, 1.165) is 96.7 Å². The van der Waals surface area contributed by atoms with Gasteiger partial charge in [0, 0.05) is 56.0 Å². The third kappa shape index (κ3) is 6.79. The number of hydrogen-bond acceptors (Lipinski definition) is 5. The molecular formula is C50H41N5O3. The normalized spacial score (nSPS) is 11.9. The average Bonchev–Trinajstić information content (AvgIpc) is 4.08. The molecule has 0 fully saturated rings. The van der Waals surface area contributed by atoms with Gasteiger partial charge in [-0.15, -0.1) is 0 Å². The Labute approximate surface area is 336 Å². The lowest BCUT2D eigenvalue weighted by atomic mass is 10.0. The van der Waals surface area contributed by atoms with Crippen molar-refractivity contribution in [2.75, 3.05) is 6.61 Å². The summed E-state index contributed by atoms with van der Waals surface area (Å²) in [5, 5.41) is 12.5. The number of H-pyrrole nitrogens is 2. The fourth-order valence-electron chi connectivity index (χ4n) is 7.79. The molecule has 284 valence electrons. The SMILES string of the molecule is CCCCOc1ccccc1-c1c2nc(c(-c3ccc(C)cc3)c3ccc([nH]3)c(-c3ccccc3[N+](=O)[O-])c3nc(c(-c4ccc(C)cc4)c4ccc1[nH]4)C=C3)C=C2. The second-order valence-electron chi connectivity index (χ2n) is 14.7. The number of nitro groups is 1. The van der Waals surface area contributed by atoms with Crippen LogP contribution in [-0.4, -0.2) is 31.5 Å². The summed E-state index contributed by atoms with van der Waals surface area (Å²) >= 11 is 0. The minimum atomic E-state index is -0.334. The molecule has 9 rings (SSSR count). The Morgan fingerprint density at radius 1 is 0.552 bits per heavy atom. The summed E-state index contributed by atoms with van der Waals surface area (Å²) in [5.74, 6) is 0.793. The molecule has 0 saturated carbocycles. The Bertz CT molecular complexity index is 2910. The van der Waals surface area contributed by atoms with Gasteiger partial charge in [0.1, 0.15) is 5.75 Å². The molecule has 0 saturated heterocycles. The number of para-hydroxylation sites is 2. The molecule has 3 aromatic heterocycles. The van der Waals surface area contributed by atoms with Gasteiger partial charge in [-0.05, 0) is 92.1 Å². The maximum atomic E-state index is 12.5. The highest BCUT2D eigenvalue weighted by molar-refractivity contribution is 6.01. The maximum Gasteiger partial charge on any atom is 0.277 e. The van der Waals surface area contributed by atoms with Crippen LogP contribution in [-0.2, 0) is 0 Å². The molecule has 0 aliphatic carbocycles. The van der Waals surface area contributed by atoms with Crippen molar-refractivity contribution in [1.82, 2.24) is 19.9 Å². The first-order valence-electron chi connectivity index (χ1n) is 19.6. The van der Waals surface area contributed by atoms with Crippen LogP contribution >= 0.6 is 0 Å². The number of rotatable bonds is 9. The van der Waals surface area contributed by atoms with E-state index in [9.17, 15) is 10.1 Å². The van der Waals surface area contributed by atoms with Gasteiger partial charge in [0.2, 0.25) is 0 Å². The van der Waals surface area contributed by atoms with E-state index in [2.05, 4.69) is 110 Å². The molecule has 5 heterocycles. The fourth-order valence-corrected chi connectivity index (χ4v) is 7.79. The highest BCUT2D eigenvalue weighted by atomic mass is 16.6. The molecule has 7 aromatic rings. The number of benzene rings is 4. The minimum Gasteiger partial charge on any atom is -0.493 e. The summed E-state index contributed by atoms with van der Waals surface area (Å²) in [6, 6.07) is 40.0. The molecule has 0 amide bonds. The van der Waals surface area contributed by atoms with Crippen molar-refractivity contribution >= 4 is 52.1 Å². The maximum absolute atomic E-state index is 12.5. The third-order valence-corrected chi connectivity index (χ3v) is 10.7.